The van der Waals surface area contributed by atoms with E-state index in [9.17, 15) is 4.79 Å². The summed E-state index contributed by atoms with van der Waals surface area (Å²) in [7, 11) is 4.72. The summed E-state index contributed by atoms with van der Waals surface area (Å²) in [5.41, 5.74) is 7.38. The SMILES string of the molecule is CNC(=O)C1COCCN1c1cc(OC)c(OC)cc1N. The van der Waals surface area contributed by atoms with Gasteiger partial charge in [0.05, 0.1) is 38.8 Å². The molecule has 1 heterocycles. The monoisotopic (exact) mass is 295 g/mol. The van der Waals surface area contributed by atoms with Gasteiger partial charge in [-0.05, 0) is 0 Å². The van der Waals surface area contributed by atoms with E-state index in [1.807, 2.05) is 4.90 Å². The maximum Gasteiger partial charge on any atom is 0.244 e. The number of amides is 1. The average molecular weight is 295 g/mol. The number of nitrogens with one attached hydrogen (secondary N) is 1. The molecule has 0 saturated carbocycles. The quantitative estimate of drug-likeness (QED) is 0.774. The molecule has 0 aliphatic carbocycles. The van der Waals surface area contributed by atoms with Crippen molar-refractivity contribution in [2.45, 2.75) is 6.04 Å². The maximum atomic E-state index is 12.0. The van der Waals surface area contributed by atoms with E-state index >= 15 is 0 Å². The van der Waals surface area contributed by atoms with Crippen LogP contribution < -0.4 is 25.4 Å². The lowest BCUT2D eigenvalue weighted by Crippen LogP contribution is -2.53. The van der Waals surface area contributed by atoms with Crippen LogP contribution in [0.3, 0.4) is 0 Å². The van der Waals surface area contributed by atoms with Crippen molar-refractivity contribution in [2.75, 3.05) is 51.7 Å². The minimum absolute atomic E-state index is 0.108. The third-order valence-corrected chi connectivity index (χ3v) is 3.52. The van der Waals surface area contributed by atoms with Crippen molar-refractivity contribution in [3.8, 4) is 11.5 Å². The Morgan fingerprint density at radius 3 is 2.67 bits per heavy atom. The summed E-state index contributed by atoms with van der Waals surface area (Å²) in [5, 5.41) is 2.65. The summed E-state index contributed by atoms with van der Waals surface area (Å²) in [4.78, 5) is 13.9. The fourth-order valence-corrected chi connectivity index (χ4v) is 2.41. The second kappa shape index (κ2) is 6.53. The van der Waals surface area contributed by atoms with Gasteiger partial charge in [0.2, 0.25) is 5.91 Å². The normalized spacial score (nSPS) is 18.2. The summed E-state index contributed by atoms with van der Waals surface area (Å²) in [6.45, 7) is 1.45. The number of carbonyl (C=O) groups is 1. The summed E-state index contributed by atoms with van der Waals surface area (Å²) in [6.07, 6.45) is 0. The number of hydrogen-bond acceptors (Lipinski definition) is 6. The first-order valence-electron chi connectivity index (χ1n) is 6.69. The molecule has 7 heteroatoms. The highest BCUT2D eigenvalue weighted by Crippen LogP contribution is 2.37. The largest absolute Gasteiger partial charge is 0.493 e. The molecule has 0 bridgehead atoms. The first kappa shape index (κ1) is 15.2. The van der Waals surface area contributed by atoms with Crippen molar-refractivity contribution in [3.63, 3.8) is 0 Å². The van der Waals surface area contributed by atoms with Crippen LogP contribution in [0, 0.1) is 0 Å². The van der Waals surface area contributed by atoms with Crippen LogP contribution in [0.15, 0.2) is 12.1 Å². The minimum Gasteiger partial charge on any atom is -0.493 e. The number of likely N-dealkylation sites (N-methyl/N-ethyl adjacent to an activating group) is 1. The summed E-state index contributed by atoms with van der Waals surface area (Å²) in [5.74, 6) is 1.02. The Morgan fingerprint density at radius 2 is 2.05 bits per heavy atom. The van der Waals surface area contributed by atoms with Gasteiger partial charge >= 0.3 is 0 Å². The number of methoxy groups -OCH3 is 2. The van der Waals surface area contributed by atoms with Crippen molar-refractivity contribution in [1.29, 1.82) is 0 Å². The van der Waals surface area contributed by atoms with Gasteiger partial charge in [-0.25, -0.2) is 0 Å². The number of rotatable bonds is 4. The van der Waals surface area contributed by atoms with Crippen molar-refractivity contribution < 1.29 is 19.0 Å². The van der Waals surface area contributed by atoms with E-state index in [0.717, 1.165) is 5.69 Å². The van der Waals surface area contributed by atoms with Crippen LogP contribution in [-0.4, -0.2) is 53.0 Å². The first-order chi connectivity index (χ1) is 10.1. The third kappa shape index (κ3) is 2.97. The van der Waals surface area contributed by atoms with Gasteiger partial charge in [0, 0.05) is 25.7 Å². The first-order valence-corrected chi connectivity index (χ1v) is 6.69. The molecule has 0 aromatic heterocycles. The molecule has 1 amide bonds. The van der Waals surface area contributed by atoms with Crippen LogP contribution in [0.2, 0.25) is 0 Å². The van der Waals surface area contributed by atoms with Crippen LogP contribution in [0.4, 0.5) is 11.4 Å². The zero-order valence-electron chi connectivity index (χ0n) is 12.5. The molecular weight excluding hydrogens is 274 g/mol. The number of hydrogen-bond donors (Lipinski definition) is 2. The van der Waals surface area contributed by atoms with Crippen LogP contribution in [0.1, 0.15) is 0 Å². The second-order valence-electron chi connectivity index (χ2n) is 4.66. The number of anilines is 2. The fourth-order valence-electron chi connectivity index (χ4n) is 2.41. The Bertz CT molecular complexity index is 521. The molecular formula is C14H21N3O4. The summed E-state index contributed by atoms with van der Waals surface area (Å²) in [6, 6.07) is 3.07. The number of nitrogen functional groups attached to an aromatic ring is 1. The van der Waals surface area contributed by atoms with Gasteiger partial charge in [0.15, 0.2) is 11.5 Å². The average Bonchev–Trinajstić information content (AvgIpc) is 2.53. The standard InChI is InChI=1S/C14H21N3O4/c1-16-14(18)11-8-21-5-4-17(11)10-7-13(20-3)12(19-2)6-9(10)15/h6-7,11H,4-5,8,15H2,1-3H3,(H,16,18). The topological polar surface area (TPSA) is 86.0 Å². The number of nitrogens with two attached hydrogens (primary N) is 1. The smallest absolute Gasteiger partial charge is 0.244 e. The molecule has 3 N–H and O–H groups in total. The molecule has 1 fully saturated rings. The highest BCUT2D eigenvalue weighted by atomic mass is 16.5. The molecule has 1 unspecified atom stereocenters. The maximum absolute atomic E-state index is 12.0. The highest BCUT2D eigenvalue weighted by molar-refractivity contribution is 5.87. The fraction of sp³-hybridized carbons (Fsp3) is 0.500. The van der Waals surface area contributed by atoms with Gasteiger partial charge in [0.25, 0.3) is 0 Å². The molecule has 116 valence electrons. The minimum atomic E-state index is -0.413. The van der Waals surface area contributed by atoms with Crippen molar-refractivity contribution >= 4 is 17.3 Å². The van der Waals surface area contributed by atoms with E-state index in [4.69, 9.17) is 19.9 Å². The Balaban J connectivity index is 2.40. The molecule has 2 rings (SSSR count). The molecule has 7 nitrogen and oxygen atoms in total. The number of nitrogens with zero attached hydrogens (tertiary/aromatic N) is 1. The molecule has 1 aliphatic heterocycles. The van der Waals surface area contributed by atoms with Gasteiger partial charge in [-0.1, -0.05) is 0 Å². The Hall–Kier alpha value is -2.15. The molecule has 1 aromatic rings. The lowest BCUT2D eigenvalue weighted by atomic mass is 10.1. The molecule has 1 aliphatic rings. The molecule has 0 spiro atoms. The zero-order valence-corrected chi connectivity index (χ0v) is 12.5. The predicted molar refractivity (Wildman–Crippen MR) is 80.0 cm³/mol. The molecule has 1 saturated heterocycles. The van der Waals surface area contributed by atoms with E-state index in [0.29, 0.717) is 36.9 Å². The summed E-state index contributed by atoms with van der Waals surface area (Å²) >= 11 is 0. The Morgan fingerprint density at radius 1 is 1.38 bits per heavy atom. The van der Waals surface area contributed by atoms with Gasteiger partial charge in [-0.3, -0.25) is 4.79 Å². The number of morpholine rings is 1. The molecule has 21 heavy (non-hydrogen) atoms. The van der Waals surface area contributed by atoms with Crippen molar-refractivity contribution in [1.82, 2.24) is 5.32 Å². The van der Waals surface area contributed by atoms with E-state index in [1.54, 1.807) is 33.4 Å². The van der Waals surface area contributed by atoms with Gasteiger partial charge in [-0.2, -0.15) is 0 Å². The van der Waals surface area contributed by atoms with Gasteiger partial charge in [-0.15, -0.1) is 0 Å². The van der Waals surface area contributed by atoms with Gasteiger partial charge < -0.3 is 30.2 Å². The van der Waals surface area contributed by atoms with Crippen LogP contribution in [0.25, 0.3) is 0 Å². The lowest BCUT2D eigenvalue weighted by Gasteiger charge is -2.36. The number of carbonyl (C=O) groups excluding carboxylic acids is 1. The summed E-state index contributed by atoms with van der Waals surface area (Å²) < 4.78 is 15.9. The second-order valence-corrected chi connectivity index (χ2v) is 4.66. The molecule has 0 radical (unpaired) electrons. The van der Waals surface area contributed by atoms with Crippen LogP contribution in [0.5, 0.6) is 11.5 Å². The van der Waals surface area contributed by atoms with Crippen LogP contribution in [-0.2, 0) is 9.53 Å². The zero-order chi connectivity index (χ0) is 15.4. The number of benzene rings is 1. The van der Waals surface area contributed by atoms with Crippen molar-refractivity contribution in [3.05, 3.63) is 12.1 Å². The lowest BCUT2D eigenvalue weighted by molar-refractivity contribution is -0.124. The van der Waals surface area contributed by atoms with Crippen LogP contribution >= 0.6 is 0 Å². The Kier molecular flexibility index (Phi) is 4.74. The Labute approximate surface area is 123 Å². The molecule has 1 aromatic carbocycles. The van der Waals surface area contributed by atoms with E-state index < -0.39 is 6.04 Å². The van der Waals surface area contributed by atoms with E-state index in [1.165, 1.54) is 0 Å². The van der Waals surface area contributed by atoms with Gasteiger partial charge in [0.1, 0.15) is 6.04 Å². The van der Waals surface area contributed by atoms with E-state index in [2.05, 4.69) is 5.32 Å². The highest BCUT2D eigenvalue weighted by Gasteiger charge is 2.30. The van der Waals surface area contributed by atoms with E-state index in [-0.39, 0.29) is 5.91 Å². The number of ether oxygens (including phenoxy) is 3. The molecule has 1 atom stereocenters. The van der Waals surface area contributed by atoms with Crippen molar-refractivity contribution in [2.24, 2.45) is 0 Å². The predicted octanol–water partition coefficient (Wildman–Crippen LogP) is 0.237. The third-order valence-electron chi connectivity index (χ3n) is 3.52.